The molecule has 0 aliphatic carbocycles. The van der Waals surface area contributed by atoms with Gasteiger partial charge in [0.15, 0.2) is 0 Å². The summed E-state index contributed by atoms with van der Waals surface area (Å²) in [4.78, 5) is 22.9. The molecule has 0 aromatic carbocycles. The number of carbonyl (C=O) groups is 2. The molecule has 0 saturated heterocycles. The standard InChI is InChI=1S/C11H12N4O2.CH2O2/c12-11(17)1-2-15-7-9(5-14-15)8-3-10(16)6-13-4-8;2-1-3/h3-7,16H,1-2H2,(H2,12,17);1H,(H,2,3). The van der Waals surface area contributed by atoms with Gasteiger partial charge in [-0.2, -0.15) is 5.10 Å². The first kappa shape index (κ1) is 15.2. The number of carbonyl (C=O) groups excluding carboxylic acids is 1. The molecule has 0 aliphatic heterocycles. The highest BCUT2D eigenvalue weighted by molar-refractivity contribution is 5.73. The molecule has 0 spiro atoms. The smallest absolute Gasteiger partial charge is 0.290 e. The first-order chi connectivity index (χ1) is 9.56. The van der Waals surface area contributed by atoms with E-state index < -0.39 is 0 Å². The predicted molar refractivity (Wildman–Crippen MR) is 69.6 cm³/mol. The molecule has 1 amide bonds. The Bertz CT molecular complexity index is 582. The second kappa shape index (κ2) is 7.52. The maximum atomic E-state index is 10.6. The molecule has 8 nitrogen and oxygen atoms in total. The summed E-state index contributed by atoms with van der Waals surface area (Å²) in [6.07, 6.45) is 6.67. The molecular formula is C12H14N4O4. The van der Waals surface area contributed by atoms with Gasteiger partial charge in [0.25, 0.3) is 6.47 Å². The van der Waals surface area contributed by atoms with Gasteiger partial charge in [-0.25, -0.2) is 0 Å². The zero-order valence-electron chi connectivity index (χ0n) is 10.5. The lowest BCUT2D eigenvalue weighted by Crippen LogP contribution is -2.13. The largest absolute Gasteiger partial charge is 0.506 e. The number of aromatic hydroxyl groups is 1. The lowest BCUT2D eigenvalue weighted by molar-refractivity contribution is -0.123. The number of amides is 1. The number of aryl methyl sites for hydroxylation is 1. The Morgan fingerprint density at radius 1 is 1.35 bits per heavy atom. The number of nitrogens with two attached hydrogens (primary N) is 1. The van der Waals surface area contributed by atoms with Crippen molar-refractivity contribution in [2.24, 2.45) is 5.73 Å². The molecular weight excluding hydrogens is 264 g/mol. The van der Waals surface area contributed by atoms with E-state index >= 15 is 0 Å². The highest BCUT2D eigenvalue weighted by Gasteiger charge is 2.04. The van der Waals surface area contributed by atoms with Crippen molar-refractivity contribution in [3.63, 3.8) is 0 Å². The summed E-state index contributed by atoms with van der Waals surface area (Å²) in [5, 5.41) is 20.3. The average molecular weight is 278 g/mol. The summed E-state index contributed by atoms with van der Waals surface area (Å²) >= 11 is 0. The average Bonchev–Trinajstić information content (AvgIpc) is 2.86. The minimum atomic E-state index is -0.360. The number of hydrogen-bond acceptors (Lipinski definition) is 5. The first-order valence-corrected chi connectivity index (χ1v) is 5.59. The Labute approximate surface area is 114 Å². The molecule has 0 radical (unpaired) electrons. The van der Waals surface area contributed by atoms with Crippen molar-refractivity contribution in [2.45, 2.75) is 13.0 Å². The minimum absolute atomic E-state index is 0.104. The Hall–Kier alpha value is -2.90. The van der Waals surface area contributed by atoms with Crippen LogP contribution in [-0.2, 0) is 16.1 Å². The lowest BCUT2D eigenvalue weighted by Gasteiger charge is -1.98. The Morgan fingerprint density at radius 3 is 2.65 bits per heavy atom. The molecule has 2 aromatic heterocycles. The monoisotopic (exact) mass is 278 g/mol. The quantitative estimate of drug-likeness (QED) is 0.686. The third-order valence-electron chi connectivity index (χ3n) is 2.28. The maximum Gasteiger partial charge on any atom is 0.290 e. The zero-order chi connectivity index (χ0) is 15.0. The molecule has 2 aromatic rings. The van der Waals surface area contributed by atoms with E-state index in [-0.39, 0.29) is 24.5 Å². The van der Waals surface area contributed by atoms with Crippen molar-refractivity contribution in [3.05, 3.63) is 30.9 Å². The van der Waals surface area contributed by atoms with Gasteiger partial charge in [0.05, 0.1) is 12.4 Å². The number of pyridine rings is 1. The summed E-state index contributed by atoms with van der Waals surface area (Å²) in [7, 11) is 0. The second-order valence-corrected chi connectivity index (χ2v) is 3.75. The summed E-state index contributed by atoms with van der Waals surface area (Å²) in [6, 6.07) is 1.60. The molecule has 0 saturated carbocycles. The van der Waals surface area contributed by atoms with E-state index in [1.54, 1.807) is 29.3 Å². The number of carboxylic acid groups (broad SMARTS) is 1. The third-order valence-corrected chi connectivity index (χ3v) is 2.28. The molecule has 106 valence electrons. The maximum absolute atomic E-state index is 10.6. The fourth-order valence-electron chi connectivity index (χ4n) is 1.45. The highest BCUT2D eigenvalue weighted by atomic mass is 16.3. The molecule has 4 N–H and O–H groups in total. The van der Waals surface area contributed by atoms with Gasteiger partial charge < -0.3 is 15.9 Å². The van der Waals surface area contributed by atoms with Gasteiger partial charge in [-0.1, -0.05) is 0 Å². The topological polar surface area (TPSA) is 131 Å². The van der Waals surface area contributed by atoms with Crippen LogP contribution in [0.1, 0.15) is 6.42 Å². The summed E-state index contributed by atoms with van der Waals surface area (Å²) in [5.74, 6) is -0.256. The van der Waals surface area contributed by atoms with Gasteiger partial charge in [0.2, 0.25) is 5.91 Å². The van der Waals surface area contributed by atoms with Crippen molar-refractivity contribution in [1.82, 2.24) is 14.8 Å². The van der Waals surface area contributed by atoms with E-state index in [0.717, 1.165) is 11.1 Å². The highest BCUT2D eigenvalue weighted by Crippen LogP contribution is 2.20. The van der Waals surface area contributed by atoms with Crippen LogP contribution in [0.4, 0.5) is 0 Å². The summed E-state index contributed by atoms with van der Waals surface area (Å²) < 4.78 is 1.63. The predicted octanol–water partition coefficient (Wildman–Crippen LogP) is 0.227. The van der Waals surface area contributed by atoms with Gasteiger partial charge >= 0.3 is 0 Å². The van der Waals surface area contributed by atoms with Crippen LogP contribution < -0.4 is 5.73 Å². The number of nitrogens with zero attached hydrogens (tertiary/aromatic N) is 3. The van der Waals surface area contributed by atoms with Crippen molar-refractivity contribution in [2.75, 3.05) is 0 Å². The molecule has 0 atom stereocenters. The molecule has 8 heteroatoms. The summed E-state index contributed by atoms with van der Waals surface area (Å²) in [6.45, 7) is 0.196. The minimum Gasteiger partial charge on any atom is -0.506 e. The van der Waals surface area contributed by atoms with E-state index in [4.69, 9.17) is 15.6 Å². The van der Waals surface area contributed by atoms with Gasteiger partial charge in [-0.15, -0.1) is 0 Å². The molecule has 0 bridgehead atoms. The van der Waals surface area contributed by atoms with E-state index in [0.29, 0.717) is 6.54 Å². The fourth-order valence-corrected chi connectivity index (χ4v) is 1.45. The van der Waals surface area contributed by atoms with Crippen molar-refractivity contribution >= 4 is 12.4 Å². The number of rotatable bonds is 4. The lowest BCUT2D eigenvalue weighted by atomic mass is 10.2. The van der Waals surface area contributed by atoms with Crippen LogP contribution in [0.15, 0.2) is 30.9 Å². The number of primary amides is 1. The van der Waals surface area contributed by atoms with E-state index in [1.165, 1.54) is 6.20 Å². The molecule has 0 aliphatic rings. The van der Waals surface area contributed by atoms with Crippen LogP contribution in [0.3, 0.4) is 0 Å². The van der Waals surface area contributed by atoms with E-state index in [9.17, 15) is 9.90 Å². The number of hydrogen-bond donors (Lipinski definition) is 3. The summed E-state index contributed by atoms with van der Waals surface area (Å²) in [5.41, 5.74) is 6.66. The second-order valence-electron chi connectivity index (χ2n) is 3.75. The van der Waals surface area contributed by atoms with Crippen LogP contribution in [0, 0.1) is 0 Å². The van der Waals surface area contributed by atoms with E-state index in [1.807, 2.05) is 0 Å². The van der Waals surface area contributed by atoms with Crippen molar-refractivity contribution in [3.8, 4) is 16.9 Å². The molecule has 0 fully saturated rings. The van der Waals surface area contributed by atoms with Crippen molar-refractivity contribution in [1.29, 1.82) is 0 Å². The molecule has 0 unspecified atom stereocenters. The Kier molecular flexibility index (Phi) is 5.70. The molecule has 2 rings (SSSR count). The van der Waals surface area contributed by atoms with Crippen LogP contribution >= 0.6 is 0 Å². The van der Waals surface area contributed by atoms with Crippen LogP contribution in [0.2, 0.25) is 0 Å². The van der Waals surface area contributed by atoms with Gasteiger partial charge in [-0.05, 0) is 6.07 Å². The Morgan fingerprint density at radius 2 is 2.05 bits per heavy atom. The normalized spacial score (nSPS) is 9.40. The number of aromatic nitrogens is 3. The van der Waals surface area contributed by atoms with Gasteiger partial charge in [-0.3, -0.25) is 19.3 Å². The van der Waals surface area contributed by atoms with Gasteiger partial charge in [0.1, 0.15) is 5.75 Å². The van der Waals surface area contributed by atoms with Crippen molar-refractivity contribution < 1.29 is 19.8 Å². The van der Waals surface area contributed by atoms with Gasteiger partial charge in [0, 0.05) is 36.5 Å². The Balaban J connectivity index is 0.000000612. The molecule has 20 heavy (non-hydrogen) atoms. The SMILES string of the molecule is NC(=O)CCn1cc(-c2cncc(O)c2)cn1.O=CO. The van der Waals surface area contributed by atoms with Crippen LogP contribution in [-0.4, -0.2) is 37.4 Å². The fraction of sp³-hybridized carbons (Fsp3) is 0.167. The molecule has 2 heterocycles. The van der Waals surface area contributed by atoms with Crippen LogP contribution in [0.5, 0.6) is 5.75 Å². The van der Waals surface area contributed by atoms with Crippen LogP contribution in [0.25, 0.3) is 11.1 Å². The third kappa shape index (κ3) is 4.77. The first-order valence-electron chi connectivity index (χ1n) is 5.59. The van der Waals surface area contributed by atoms with E-state index in [2.05, 4.69) is 10.1 Å². The zero-order valence-corrected chi connectivity index (χ0v) is 10.5.